The van der Waals surface area contributed by atoms with Gasteiger partial charge in [-0.15, -0.1) is 0 Å². The lowest BCUT2D eigenvalue weighted by atomic mass is 10.2. The van der Waals surface area contributed by atoms with Crippen LogP contribution in [0.2, 0.25) is 0 Å². The third-order valence-electron chi connectivity index (χ3n) is 2.47. The number of fused-ring (bicyclic) bond motifs is 1. The molecule has 7 heteroatoms. The van der Waals surface area contributed by atoms with Crippen molar-refractivity contribution in [3.63, 3.8) is 0 Å². The van der Waals surface area contributed by atoms with Gasteiger partial charge in [-0.25, -0.2) is 0 Å². The van der Waals surface area contributed by atoms with E-state index in [4.69, 9.17) is 5.11 Å². The van der Waals surface area contributed by atoms with E-state index in [0.29, 0.717) is 5.56 Å². The zero-order valence-corrected chi connectivity index (χ0v) is 11.4. The number of carboxylic acids is 1. The number of rotatable bonds is 2. The van der Waals surface area contributed by atoms with Gasteiger partial charge in [0.2, 0.25) is 0 Å². The number of nitrogens with zero attached hydrogens (tertiary/aromatic N) is 1. The molecule has 0 amide bonds. The Morgan fingerprint density at radius 2 is 1.94 bits per heavy atom. The molecule has 0 aromatic heterocycles. The largest absolute Gasteiger partial charge is 0.480 e. The number of sulfonamides is 1. The second-order valence-electron chi connectivity index (χ2n) is 4.29. The first-order valence-electron chi connectivity index (χ1n) is 5.11. The van der Waals surface area contributed by atoms with Gasteiger partial charge in [0.15, 0.2) is 0 Å². The Labute approximate surface area is 109 Å². The fourth-order valence-electron chi connectivity index (χ4n) is 1.43. The molecule has 0 saturated heterocycles. The standard InChI is InChI=1S/C11H11NO4S2/c1-11(2,10(13)14)17-9-7-5-3-4-6-8(7)18(15,16)12-9/h3-6H,1-2H3,(H,13,14). The molecule has 1 aliphatic heterocycles. The summed E-state index contributed by atoms with van der Waals surface area (Å²) in [6.07, 6.45) is 0. The minimum atomic E-state index is -3.68. The average Bonchev–Trinajstić information content (AvgIpc) is 2.51. The van der Waals surface area contributed by atoms with Gasteiger partial charge in [-0.3, -0.25) is 4.79 Å². The van der Waals surface area contributed by atoms with Crippen LogP contribution in [-0.2, 0) is 14.8 Å². The summed E-state index contributed by atoms with van der Waals surface area (Å²) in [5.74, 6) is -1.02. The lowest BCUT2D eigenvalue weighted by Crippen LogP contribution is -2.28. The van der Waals surface area contributed by atoms with Gasteiger partial charge in [0, 0.05) is 5.56 Å². The highest BCUT2D eigenvalue weighted by molar-refractivity contribution is 8.17. The van der Waals surface area contributed by atoms with Crippen LogP contribution >= 0.6 is 11.8 Å². The van der Waals surface area contributed by atoms with Crippen molar-refractivity contribution >= 4 is 32.8 Å². The van der Waals surface area contributed by atoms with Crippen molar-refractivity contribution in [3.05, 3.63) is 29.8 Å². The summed E-state index contributed by atoms with van der Waals surface area (Å²) in [4.78, 5) is 11.2. The van der Waals surface area contributed by atoms with Crippen LogP contribution in [0, 0.1) is 0 Å². The highest BCUT2D eigenvalue weighted by Crippen LogP contribution is 2.36. The molecule has 1 N–H and O–H groups in total. The predicted octanol–water partition coefficient (Wildman–Crippen LogP) is 1.73. The summed E-state index contributed by atoms with van der Waals surface area (Å²) < 4.78 is 26.1. The highest BCUT2D eigenvalue weighted by Gasteiger charge is 2.36. The second kappa shape index (κ2) is 4.10. The topological polar surface area (TPSA) is 83.8 Å². The van der Waals surface area contributed by atoms with Gasteiger partial charge in [0.1, 0.15) is 9.79 Å². The molecular formula is C11H11NO4S2. The Morgan fingerprint density at radius 1 is 1.33 bits per heavy atom. The molecule has 0 radical (unpaired) electrons. The van der Waals surface area contributed by atoms with E-state index in [0.717, 1.165) is 11.8 Å². The van der Waals surface area contributed by atoms with E-state index in [9.17, 15) is 13.2 Å². The van der Waals surface area contributed by atoms with Gasteiger partial charge in [-0.2, -0.15) is 12.8 Å². The summed E-state index contributed by atoms with van der Waals surface area (Å²) in [5, 5.41) is 9.29. The third-order valence-corrected chi connectivity index (χ3v) is 5.11. The van der Waals surface area contributed by atoms with Gasteiger partial charge in [0.25, 0.3) is 10.0 Å². The Morgan fingerprint density at radius 3 is 2.56 bits per heavy atom. The number of carboxylic acid groups (broad SMARTS) is 1. The first kappa shape index (κ1) is 13.1. The molecule has 0 spiro atoms. The minimum Gasteiger partial charge on any atom is -0.480 e. The van der Waals surface area contributed by atoms with Crippen LogP contribution in [-0.4, -0.2) is 29.3 Å². The SMILES string of the molecule is CC(C)(SC1=NS(=O)(=O)c2ccccc21)C(=O)O. The molecule has 96 valence electrons. The van der Waals surface area contributed by atoms with E-state index in [1.165, 1.54) is 19.9 Å². The number of aliphatic carboxylic acids is 1. The van der Waals surface area contributed by atoms with Gasteiger partial charge < -0.3 is 5.11 Å². The molecule has 0 saturated carbocycles. The number of thioether (sulfide) groups is 1. The van der Waals surface area contributed by atoms with Gasteiger partial charge >= 0.3 is 5.97 Å². The molecule has 18 heavy (non-hydrogen) atoms. The summed E-state index contributed by atoms with van der Waals surface area (Å²) in [7, 11) is -3.68. The lowest BCUT2D eigenvalue weighted by Gasteiger charge is -2.17. The predicted molar refractivity (Wildman–Crippen MR) is 69.5 cm³/mol. The van der Waals surface area contributed by atoms with E-state index in [1.807, 2.05) is 0 Å². The van der Waals surface area contributed by atoms with Gasteiger partial charge in [0.05, 0.1) is 4.90 Å². The van der Waals surface area contributed by atoms with Crippen molar-refractivity contribution in [2.75, 3.05) is 0 Å². The second-order valence-corrected chi connectivity index (χ2v) is 7.47. The molecule has 0 bridgehead atoms. The number of hydrogen-bond acceptors (Lipinski definition) is 4. The zero-order chi connectivity index (χ0) is 13.6. The van der Waals surface area contributed by atoms with Gasteiger partial charge in [-0.1, -0.05) is 30.0 Å². The van der Waals surface area contributed by atoms with Crippen molar-refractivity contribution in [2.45, 2.75) is 23.5 Å². The van der Waals surface area contributed by atoms with E-state index in [-0.39, 0.29) is 9.94 Å². The van der Waals surface area contributed by atoms with Crippen LogP contribution in [0.25, 0.3) is 0 Å². The molecule has 1 aromatic rings. The summed E-state index contributed by atoms with van der Waals surface area (Å²) >= 11 is 0.934. The van der Waals surface area contributed by atoms with E-state index in [2.05, 4.69) is 4.40 Å². The number of hydrogen-bond donors (Lipinski definition) is 1. The number of benzene rings is 1. The van der Waals surface area contributed by atoms with Crippen LogP contribution in [0.15, 0.2) is 33.6 Å². The van der Waals surface area contributed by atoms with Gasteiger partial charge in [-0.05, 0) is 19.9 Å². The molecule has 0 aliphatic carbocycles. The Bertz CT molecular complexity index is 647. The van der Waals surface area contributed by atoms with Crippen LogP contribution < -0.4 is 0 Å². The fourth-order valence-corrected chi connectivity index (χ4v) is 3.91. The zero-order valence-electron chi connectivity index (χ0n) is 9.75. The maximum absolute atomic E-state index is 11.8. The molecule has 1 aromatic carbocycles. The Balaban J connectivity index is 2.47. The summed E-state index contributed by atoms with van der Waals surface area (Å²) in [5.41, 5.74) is 0.469. The van der Waals surface area contributed by atoms with E-state index in [1.54, 1.807) is 18.2 Å². The van der Waals surface area contributed by atoms with Crippen LogP contribution in [0.4, 0.5) is 0 Å². The molecule has 5 nitrogen and oxygen atoms in total. The third kappa shape index (κ3) is 2.15. The highest BCUT2D eigenvalue weighted by atomic mass is 32.2. The van der Waals surface area contributed by atoms with Crippen LogP contribution in [0.1, 0.15) is 19.4 Å². The quantitative estimate of drug-likeness (QED) is 0.894. The van der Waals surface area contributed by atoms with Crippen LogP contribution in [0.5, 0.6) is 0 Å². The summed E-state index contributed by atoms with van der Waals surface area (Å²) in [6.45, 7) is 3.02. The molecule has 1 heterocycles. The number of carbonyl (C=O) groups is 1. The van der Waals surface area contributed by atoms with E-state index >= 15 is 0 Å². The smallest absolute Gasteiger partial charge is 0.319 e. The van der Waals surface area contributed by atoms with Crippen LogP contribution in [0.3, 0.4) is 0 Å². The molecule has 2 rings (SSSR count). The summed E-state index contributed by atoms with van der Waals surface area (Å²) in [6, 6.07) is 6.41. The monoisotopic (exact) mass is 285 g/mol. The molecule has 1 aliphatic rings. The Hall–Kier alpha value is -1.34. The maximum Gasteiger partial charge on any atom is 0.319 e. The van der Waals surface area contributed by atoms with Crippen molar-refractivity contribution in [2.24, 2.45) is 4.40 Å². The Kier molecular flexibility index (Phi) is 2.98. The molecular weight excluding hydrogens is 274 g/mol. The lowest BCUT2D eigenvalue weighted by molar-refractivity contribution is -0.138. The average molecular weight is 285 g/mol. The minimum absolute atomic E-state index is 0.133. The maximum atomic E-state index is 11.8. The fraction of sp³-hybridized carbons (Fsp3) is 0.273. The van der Waals surface area contributed by atoms with Crippen molar-refractivity contribution in [3.8, 4) is 0 Å². The molecule has 0 atom stereocenters. The first-order valence-corrected chi connectivity index (χ1v) is 7.36. The molecule has 0 unspecified atom stereocenters. The van der Waals surface area contributed by atoms with Crippen molar-refractivity contribution in [1.29, 1.82) is 0 Å². The van der Waals surface area contributed by atoms with E-state index < -0.39 is 20.7 Å². The van der Waals surface area contributed by atoms with Crippen molar-refractivity contribution in [1.82, 2.24) is 0 Å². The molecule has 0 fully saturated rings. The first-order chi connectivity index (χ1) is 8.24. The normalized spacial score (nSPS) is 17.1. The van der Waals surface area contributed by atoms with Crippen molar-refractivity contribution < 1.29 is 18.3 Å².